The highest BCUT2D eigenvalue weighted by molar-refractivity contribution is 5.82. The summed E-state index contributed by atoms with van der Waals surface area (Å²) in [6, 6.07) is 26.3. The van der Waals surface area contributed by atoms with E-state index >= 15 is 0 Å². The minimum absolute atomic E-state index is 0.107. The topological polar surface area (TPSA) is 79.7 Å². The van der Waals surface area contributed by atoms with Crippen molar-refractivity contribution in [2.75, 3.05) is 6.54 Å². The Kier molecular flexibility index (Phi) is 5.47. The van der Waals surface area contributed by atoms with Crippen LogP contribution < -0.4 is 5.56 Å². The Bertz CT molecular complexity index is 1560. The first kappa shape index (κ1) is 21.4. The Morgan fingerprint density at radius 2 is 1.77 bits per heavy atom. The lowest BCUT2D eigenvalue weighted by Gasteiger charge is -2.34. The summed E-state index contributed by atoms with van der Waals surface area (Å²) in [5.41, 5.74) is 6.20. The largest absolute Gasteiger partial charge is 0.321 e. The predicted molar refractivity (Wildman–Crippen MR) is 135 cm³/mol. The number of H-pyrrole nitrogens is 1. The number of hydrogen-bond acceptors (Lipinski definition) is 5. The maximum atomic E-state index is 13.5. The van der Waals surface area contributed by atoms with Crippen molar-refractivity contribution < 1.29 is 0 Å². The normalized spacial score (nSPS) is 14.7. The van der Waals surface area contributed by atoms with E-state index in [0.717, 1.165) is 41.5 Å². The Morgan fingerprint density at radius 1 is 0.971 bits per heavy atom. The van der Waals surface area contributed by atoms with Crippen LogP contribution in [0.2, 0.25) is 0 Å². The van der Waals surface area contributed by atoms with E-state index in [0.29, 0.717) is 17.9 Å². The fraction of sp³-hybridized carbons (Fsp3) is 0.214. The van der Waals surface area contributed by atoms with Gasteiger partial charge >= 0.3 is 0 Å². The highest BCUT2D eigenvalue weighted by atomic mass is 16.1. The van der Waals surface area contributed by atoms with Gasteiger partial charge in [-0.2, -0.15) is 0 Å². The first-order valence-corrected chi connectivity index (χ1v) is 11.9. The summed E-state index contributed by atoms with van der Waals surface area (Å²) in [5, 5.41) is 13.8. The standard InChI is InChI=1S/C28H26N6O/c1-19-8-7-13-22-16-24(28(35)29-25(19)22)26(33-15-14-21-11-5-6-12-23(21)18-33)27-30-31-32-34(27)17-20-9-3-2-4-10-20/h2-13,16,26H,14-15,17-18H2,1H3,(H,29,35). The SMILES string of the molecule is Cc1cccc2cc(C(c3nnnn3Cc3ccccc3)N3CCc4ccccc4C3)c(=O)[nH]c12. The number of aryl methyl sites for hydroxylation is 1. The van der Waals surface area contributed by atoms with Crippen LogP contribution >= 0.6 is 0 Å². The third kappa shape index (κ3) is 4.04. The smallest absolute Gasteiger partial charge is 0.253 e. The molecule has 1 N–H and O–H groups in total. The molecular weight excluding hydrogens is 436 g/mol. The molecule has 0 saturated heterocycles. The molecule has 2 aromatic heterocycles. The van der Waals surface area contributed by atoms with Gasteiger partial charge in [-0.1, -0.05) is 72.8 Å². The van der Waals surface area contributed by atoms with E-state index in [1.54, 1.807) is 0 Å². The second-order valence-electron chi connectivity index (χ2n) is 9.16. The third-order valence-electron chi connectivity index (χ3n) is 6.92. The van der Waals surface area contributed by atoms with Gasteiger partial charge < -0.3 is 4.98 Å². The Morgan fingerprint density at radius 3 is 2.63 bits per heavy atom. The Balaban J connectivity index is 1.49. The second-order valence-corrected chi connectivity index (χ2v) is 9.16. The van der Waals surface area contributed by atoms with Crippen LogP contribution in [0.4, 0.5) is 0 Å². The predicted octanol–water partition coefficient (Wildman–Crippen LogP) is 4.02. The summed E-state index contributed by atoms with van der Waals surface area (Å²) in [6.45, 7) is 4.08. The van der Waals surface area contributed by atoms with Crippen molar-refractivity contribution >= 4 is 10.9 Å². The summed E-state index contributed by atoms with van der Waals surface area (Å²) in [4.78, 5) is 19.0. The van der Waals surface area contributed by atoms with Crippen LogP contribution in [-0.2, 0) is 19.5 Å². The molecule has 35 heavy (non-hydrogen) atoms. The molecule has 0 fully saturated rings. The van der Waals surface area contributed by atoms with Crippen LogP contribution in [0, 0.1) is 6.92 Å². The zero-order valence-corrected chi connectivity index (χ0v) is 19.6. The maximum Gasteiger partial charge on any atom is 0.253 e. The average molecular weight is 463 g/mol. The molecule has 3 aromatic carbocycles. The molecule has 0 amide bonds. The summed E-state index contributed by atoms with van der Waals surface area (Å²) >= 11 is 0. The van der Waals surface area contributed by atoms with Crippen molar-refractivity contribution in [3.63, 3.8) is 0 Å². The van der Waals surface area contributed by atoms with Gasteiger partial charge in [-0.05, 0) is 57.5 Å². The number of pyridine rings is 1. The fourth-order valence-corrected chi connectivity index (χ4v) is 5.12. The zero-order valence-electron chi connectivity index (χ0n) is 19.6. The van der Waals surface area contributed by atoms with E-state index in [2.05, 4.69) is 61.8 Å². The molecule has 1 aliphatic heterocycles. The van der Waals surface area contributed by atoms with Crippen molar-refractivity contribution in [1.82, 2.24) is 30.1 Å². The van der Waals surface area contributed by atoms with Crippen molar-refractivity contribution in [2.45, 2.75) is 32.5 Å². The number of para-hydroxylation sites is 1. The summed E-state index contributed by atoms with van der Waals surface area (Å²) in [5.74, 6) is 0.672. The number of hydrogen-bond donors (Lipinski definition) is 1. The highest BCUT2D eigenvalue weighted by Gasteiger charge is 2.32. The minimum Gasteiger partial charge on any atom is -0.321 e. The first-order valence-electron chi connectivity index (χ1n) is 11.9. The molecule has 0 spiro atoms. The number of aromatic nitrogens is 5. The fourth-order valence-electron chi connectivity index (χ4n) is 5.12. The quantitative estimate of drug-likeness (QED) is 0.427. The summed E-state index contributed by atoms with van der Waals surface area (Å²) < 4.78 is 1.82. The lowest BCUT2D eigenvalue weighted by atomic mass is 9.95. The number of fused-ring (bicyclic) bond motifs is 2. The van der Waals surface area contributed by atoms with E-state index in [1.807, 2.05) is 54.1 Å². The van der Waals surface area contributed by atoms with Crippen LogP contribution in [0.25, 0.3) is 10.9 Å². The highest BCUT2D eigenvalue weighted by Crippen LogP contribution is 2.32. The molecule has 7 nitrogen and oxygen atoms in total. The maximum absolute atomic E-state index is 13.5. The third-order valence-corrected chi connectivity index (χ3v) is 6.92. The van der Waals surface area contributed by atoms with Crippen LogP contribution in [0.1, 0.15) is 39.7 Å². The molecule has 174 valence electrons. The summed E-state index contributed by atoms with van der Waals surface area (Å²) in [6.07, 6.45) is 0.914. The van der Waals surface area contributed by atoms with E-state index in [4.69, 9.17) is 0 Å². The van der Waals surface area contributed by atoms with E-state index in [9.17, 15) is 4.79 Å². The van der Waals surface area contributed by atoms with Gasteiger partial charge in [0.1, 0.15) is 6.04 Å². The average Bonchev–Trinajstić information content (AvgIpc) is 3.33. The molecule has 0 saturated carbocycles. The molecule has 1 unspecified atom stereocenters. The Hall–Kier alpha value is -4.10. The molecule has 0 radical (unpaired) electrons. The molecule has 3 heterocycles. The molecule has 0 aliphatic carbocycles. The number of benzene rings is 3. The zero-order chi connectivity index (χ0) is 23.8. The molecular formula is C28H26N6O. The number of aromatic amines is 1. The lowest BCUT2D eigenvalue weighted by molar-refractivity contribution is 0.194. The van der Waals surface area contributed by atoms with Gasteiger partial charge in [-0.25, -0.2) is 4.68 Å². The molecule has 1 aliphatic rings. The van der Waals surface area contributed by atoms with Gasteiger partial charge in [0.15, 0.2) is 5.82 Å². The number of rotatable bonds is 5. The van der Waals surface area contributed by atoms with Gasteiger partial charge in [-0.15, -0.1) is 5.10 Å². The van der Waals surface area contributed by atoms with Crippen LogP contribution in [-0.4, -0.2) is 36.6 Å². The van der Waals surface area contributed by atoms with E-state index < -0.39 is 0 Å². The molecule has 0 bridgehead atoms. The van der Waals surface area contributed by atoms with Gasteiger partial charge in [0.25, 0.3) is 5.56 Å². The molecule has 5 aromatic rings. The van der Waals surface area contributed by atoms with E-state index in [-0.39, 0.29) is 11.6 Å². The van der Waals surface area contributed by atoms with Gasteiger partial charge in [-0.3, -0.25) is 9.69 Å². The van der Waals surface area contributed by atoms with Crippen molar-refractivity contribution in [3.05, 3.63) is 123 Å². The molecule has 1 atom stereocenters. The molecule has 7 heteroatoms. The van der Waals surface area contributed by atoms with Gasteiger partial charge in [0, 0.05) is 18.7 Å². The van der Waals surface area contributed by atoms with Gasteiger partial charge in [0.05, 0.1) is 12.1 Å². The number of nitrogens with zero attached hydrogens (tertiary/aromatic N) is 5. The lowest BCUT2D eigenvalue weighted by Crippen LogP contribution is -2.38. The second kappa shape index (κ2) is 8.92. The monoisotopic (exact) mass is 462 g/mol. The minimum atomic E-state index is -0.379. The van der Waals surface area contributed by atoms with Crippen molar-refractivity contribution in [3.8, 4) is 0 Å². The number of nitrogens with one attached hydrogen (secondary N) is 1. The van der Waals surface area contributed by atoms with Gasteiger partial charge in [0.2, 0.25) is 0 Å². The number of tetrazole rings is 1. The van der Waals surface area contributed by atoms with Crippen LogP contribution in [0.5, 0.6) is 0 Å². The van der Waals surface area contributed by atoms with Crippen molar-refractivity contribution in [2.24, 2.45) is 0 Å². The van der Waals surface area contributed by atoms with E-state index in [1.165, 1.54) is 11.1 Å². The molecule has 6 rings (SSSR count). The van der Waals surface area contributed by atoms with Crippen LogP contribution in [0.3, 0.4) is 0 Å². The summed E-state index contributed by atoms with van der Waals surface area (Å²) in [7, 11) is 0. The first-order chi connectivity index (χ1) is 17.2. The van der Waals surface area contributed by atoms with Crippen molar-refractivity contribution in [1.29, 1.82) is 0 Å². The van der Waals surface area contributed by atoms with Crippen LogP contribution in [0.15, 0.2) is 83.7 Å². The Labute approximate surface area is 203 Å².